The summed E-state index contributed by atoms with van der Waals surface area (Å²) in [6, 6.07) is -1.71. The Kier molecular flexibility index (Phi) is 4.31. The molecule has 2 fully saturated rings. The van der Waals surface area contributed by atoms with Crippen LogP contribution in [0.1, 0.15) is 32.1 Å². The number of carboxylic acids is 1. The molecule has 0 aromatic carbocycles. The molecule has 1 aliphatic heterocycles. The van der Waals surface area contributed by atoms with Crippen molar-refractivity contribution in [2.24, 2.45) is 5.41 Å². The summed E-state index contributed by atoms with van der Waals surface area (Å²) >= 11 is 0. The second-order valence-electron chi connectivity index (χ2n) is 6.08. The minimum atomic E-state index is -5.11. The summed E-state index contributed by atoms with van der Waals surface area (Å²) in [5.41, 5.74) is -3.08. The first-order valence-electron chi connectivity index (χ1n) is 7.02. The van der Waals surface area contributed by atoms with Crippen LogP contribution in [0, 0.1) is 5.41 Å². The molecule has 1 N–H and O–H groups in total. The van der Waals surface area contributed by atoms with Gasteiger partial charge in [0.25, 0.3) is 0 Å². The number of carbonyl (C=O) groups is 2. The van der Waals surface area contributed by atoms with Crippen LogP contribution >= 0.6 is 0 Å². The zero-order valence-corrected chi connectivity index (χ0v) is 11.9. The summed E-state index contributed by atoms with van der Waals surface area (Å²) in [5.74, 6) is -6.53. The van der Waals surface area contributed by atoms with Crippen LogP contribution < -0.4 is 0 Å². The predicted octanol–water partition coefficient (Wildman–Crippen LogP) is 2.77. The second kappa shape index (κ2) is 5.55. The standard InChI is InChI=1S/C13H15F6NO3/c14-7-5-8(9(21)22)20(6-7)10(23)11(13(17,18)19)1-3-12(15,16)4-2-11/h7-8H,1-6H2,(H,21,22)/t7-,8+/m1/s1. The average Bonchev–Trinajstić information content (AvgIpc) is 2.79. The fraction of sp³-hybridized carbons (Fsp3) is 0.846. The molecule has 1 saturated heterocycles. The molecule has 0 aromatic rings. The van der Waals surface area contributed by atoms with Crippen molar-refractivity contribution in [2.75, 3.05) is 6.54 Å². The van der Waals surface area contributed by atoms with Crippen LogP contribution in [0.2, 0.25) is 0 Å². The highest BCUT2D eigenvalue weighted by Crippen LogP contribution is 2.54. The van der Waals surface area contributed by atoms with Crippen LogP contribution in [0.25, 0.3) is 0 Å². The van der Waals surface area contributed by atoms with Crippen molar-refractivity contribution in [2.45, 2.75) is 56.4 Å². The fourth-order valence-electron chi connectivity index (χ4n) is 3.18. The molecule has 2 aliphatic rings. The van der Waals surface area contributed by atoms with Gasteiger partial charge < -0.3 is 10.0 Å². The van der Waals surface area contributed by atoms with E-state index in [1.54, 1.807) is 0 Å². The first kappa shape index (κ1) is 17.9. The third-order valence-corrected chi connectivity index (χ3v) is 4.58. The number of carbonyl (C=O) groups excluding carboxylic acids is 1. The van der Waals surface area contributed by atoms with Gasteiger partial charge in [-0.3, -0.25) is 4.79 Å². The predicted molar refractivity (Wildman–Crippen MR) is 64.6 cm³/mol. The molecule has 23 heavy (non-hydrogen) atoms. The highest BCUT2D eigenvalue weighted by molar-refractivity contribution is 5.89. The quantitative estimate of drug-likeness (QED) is 0.782. The molecular formula is C13H15F6NO3. The lowest BCUT2D eigenvalue weighted by molar-refractivity contribution is -0.247. The van der Waals surface area contributed by atoms with Crippen LogP contribution in [0.15, 0.2) is 0 Å². The highest BCUT2D eigenvalue weighted by Gasteiger charge is 2.65. The van der Waals surface area contributed by atoms with Crippen LogP contribution in [0.3, 0.4) is 0 Å². The molecule has 0 aromatic heterocycles. The van der Waals surface area contributed by atoms with Crippen LogP contribution in [0.5, 0.6) is 0 Å². The summed E-state index contributed by atoms with van der Waals surface area (Å²) < 4.78 is 80.1. The number of alkyl halides is 6. The van der Waals surface area contributed by atoms with E-state index in [4.69, 9.17) is 5.11 Å². The molecule has 0 unspecified atom stereocenters. The Morgan fingerprint density at radius 3 is 2.04 bits per heavy atom. The van der Waals surface area contributed by atoms with Crippen molar-refractivity contribution in [3.63, 3.8) is 0 Å². The van der Waals surface area contributed by atoms with Gasteiger partial charge in [0.15, 0.2) is 0 Å². The number of carboxylic acid groups (broad SMARTS) is 1. The number of nitrogens with zero attached hydrogens (tertiary/aromatic N) is 1. The van der Waals surface area contributed by atoms with Gasteiger partial charge in [-0.1, -0.05) is 0 Å². The SMILES string of the molecule is O=C(O)[C@@H]1C[C@@H](F)CN1C(=O)C1(C(F)(F)F)CCC(F)(F)CC1. The molecule has 1 heterocycles. The molecule has 2 atom stereocenters. The first-order chi connectivity index (χ1) is 10.4. The Morgan fingerprint density at radius 1 is 1.09 bits per heavy atom. The van der Waals surface area contributed by atoms with Crippen molar-refractivity contribution < 1.29 is 41.0 Å². The van der Waals surface area contributed by atoms with Crippen LogP contribution in [-0.4, -0.2) is 52.7 Å². The van der Waals surface area contributed by atoms with Crippen molar-refractivity contribution in [3.05, 3.63) is 0 Å². The number of halogens is 6. The molecule has 1 amide bonds. The van der Waals surface area contributed by atoms with Crippen molar-refractivity contribution >= 4 is 11.9 Å². The lowest BCUT2D eigenvalue weighted by atomic mass is 9.71. The van der Waals surface area contributed by atoms with Gasteiger partial charge in [-0.25, -0.2) is 18.0 Å². The number of hydrogen-bond acceptors (Lipinski definition) is 2. The monoisotopic (exact) mass is 347 g/mol. The molecule has 2 rings (SSSR count). The summed E-state index contributed by atoms with van der Waals surface area (Å²) in [6.07, 6.45) is -12.0. The van der Waals surface area contributed by atoms with E-state index in [9.17, 15) is 35.9 Å². The summed E-state index contributed by atoms with van der Waals surface area (Å²) in [5, 5.41) is 8.96. The molecular weight excluding hydrogens is 332 g/mol. The maximum Gasteiger partial charge on any atom is 0.403 e. The third kappa shape index (κ3) is 3.12. The maximum atomic E-state index is 13.4. The van der Waals surface area contributed by atoms with Gasteiger partial charge in [0.1, 0.15) is 17.6 Å². The van der Waals surface area contributed by atoms with E-state index in [2.05, 4.69) is 0 Å². The maximum absolute atomic E-state index is 13.4. The Morgan fingerprint density at radius 2 is 1.61 bits per heavy atom. The first-order valence-corrected chi connectivity index (χ1v) is 7.02. The lowest BCUT2D eigenvalue weighted by Gasteiger charge is -2.42. The number of rotatable bonds is 2. The third-order valence-electron chi connectivity index (χ3n) is 4.58. The van der Waals surface area contributed by atoms with Gasteiger partial charge in [0, 0.05) is 19.3 Å². The average molecular weight is 347 g/mol. The number of likely N-dealkylation sites (tertiary alicyclic amines) is 1. The molecule has 0 spiro atoms. The van der Waals surface area contributed by atoms with Crippen LogP contribution in [0.4, 0.5) is 26.3 Å². The molecule has 1 saturated carbocycles. The summed E-state index contributed by atoms with van der Waals surface area (Å²) in [7, 11) is 0. The number of amides is 1. The normalized spacial score (nSPS) is 30.3. The zero-order valence-electron chi connectivity index (χ0n) is 11.9. The van der Waals surface area contributed by atoms with E-state index >= 15 is 0 Å². The summed E-state index contributed by atoms with van der Waals surface area (Å²) in [6.45, 7) is -0.774. The minimum absolute atomic E-state index is 0.337. The largest absolute Gasteiger partial charge is 0.480 e. The fourth-order valence-corrected chi connectivity index (χ4v) is 3.18. The molecule has 0 radical (unpaired) electrons. The van der Waals surface area contributed by atoms with Crippen molar-refractivity contribution in [1.82, 2.24) is 4.90 Å². The van der Waals surface area contributed by atoms with E-state index in [0.717, 1.165) is 0 Å². The Labute approximate surface area is 127 Å². The molecule has 0 bridgehead atoms. The van der Waals surface area contributed by atoms with E-state index in [-0.39, 0.29) is 0 Å². The van der Waals surface area contributed by atoms with E-state index in [0.29, 0.717) is 4.90 Å². The minimum Gasteiger partial charge on any atom is -0.480 e. The van der Waals surface area contributed by atoms with Gasteiger partial charge >= 0.3 is 12.1 Å². The van der Waals surface area contributed by atoms with Crippen LogP contribution in [-0.2, 0) is 9.59 Å². The topological polar surface area (TPSA) is 57.6 Å². The molecule has 132 valence electrons. The lowest BCUT2D eigenvalue weighted by Crippen LogP contribution is -2.57. The van der Waals surface area contributed by atoms with Crippen molar-refractivity contribution in [3.8, 4) is 0 Å². The van der Waals surface area contributed by atoms with E-state index < -0.39 is 80.3 Å². The van der Waals surface area contributed by atoms with E-state index in [1.807, 2.05) is 0 Å². The van der Waals surface area contributed by atoms with Gasteiger partial charge in [0.05, 0.1) is 6.54 Å². The molecule has 4 nitrogen and oxygen atoms in total. The van der Waals surface area contributed by atoms with E-state index in [1.165, 1.54) is 0 Å². The number of aliphatic carboxylic acids is 1. The van der Waals surface area contributed by atoms with Gasteiger partial charge in [-0.15, -0.1) is 0 Å². The van der Waals surface area contributed by atoms with Gasteiger partial charge in [-0.2, -0.15) is 13.2 Å². The van der Waals surface area contributed by atoms with Crippen molar-refractivity contribution in [1.29, 1.82) is 0 Å². The van der Waals surface area contributed by atoms with Gasteiger partial charge in [0.2, 0.25) is 11.8 Å². The Hall–Kier alpha value is -1.48. The summed E-state index contributed by atoms with van der Waals surface area (Å²) in [4.78, 5) is 23.7. The molecule has 1 aliphatic carbocycles. The van der Waals surface area contributed by atoms with Gasteiger partial charge in [-0.05, 0) is 12.8 Å². The zero-order chi connectivity index (χ0) is 17.6. The highest BCUT2D eigenvalue weighted by atomic mass is 19.4. The Balaban J connectivity index is 2.33. The smallest absolute Gasteiger partial charge is 0.403 e. The Bertz CT molecular complexity index is 496. The number of hydrogen-bond donors (Lipinski definition) is 1. The molecule has 10 heteroatoms. The second-order valence-corrected chi connectivity index (χ2v) is 6.08.